The van der Waals surface area contributed by atoms with E-state index in [2.05, 4.69) is 11.8 Å². The number of thiophene rings is 1. The first-order valence-electron chi connectivity index (χ1n) is 6.44. The van der Waals surface area contributed by atoms with E-state index in [0.717, 1.165) is 21.0 Å². The molecule has 0 saturated heterocycles. The third-order valence-corrected chi connectivity index (χ3v) is 4.47. The van der Waals surface area contributed by atoms with Crippen LogP contribution in [0.1, 0.15) is 15.3 Å². The molecule has 0 atom stereocenters. The van der Waals surface area contributed by atoms with Crippen molar-refractivity contribution < 1.29 is 9.90 Å². The summed E-state index contributed by atoms with van der Waals surface area (Å²) in [5.41, 5.74) is 1.91. The van der Waals surface area contributed by atoms with E-state index in [1.54, 1.807) is 4.90 Å². The predicted octanol–water partition coefficient (Wildman–Crippen LogP) is 2.83. The number of hydrogen-bond donors (Lipinski definition) is 1. The Morgan fingerprint density at radius 2 is 2.19 bits per heavy atom. The Labute approximate surface area is 131 Å². The molecule has 1 aromatic carbocycles. The number of aliphatic hydroxyl groups excluding tert-OH is 1. The van der Waals surface area contributed by atoms with Gasteiger partial charge in [-0.2, -0.15) is 0 Å². The summed E-state index contributed by atoms with van der Waals surface area (Å²) >= 11 is 7.55. The van der Waals surface area contributed by atoms with Gasteiger partial charge in [-0.15, -0.1) is 11.3 Å². The van der Waals surface area contributed by atoms with Gasteiger partial charge < -0.3 is 10.0 Å². The highest BCUT2D eigenvalue weighted by Gasteiger charge is 2.27. The van der Waals surface area contributed by atoms with Crippen LogP contribution in [0.4, 0.5) is 5.69 Å². The van der Waals surface area contributed by atoms with Crippen LogP contribution in [0.2, 0.25) is 5.02 Å². The first-order valence-corrected chi connectivity index (χ1v) is 7.64. The van der Waals surface area contributed by atoms with Crippen LogP contribution in [0.25, 0.3) is 0 Å². The monoisotopic (exact) mass is 317 g/mol. The maximum atomic E-state index is 12.2. The van der Waals surface area contributed by atoms with Crippen molar-refractivity contribution in [3.8, 4) is 11.8 Å². The summed E-state index contributed by atoms with van der Waals surface area (Å²) in [6.45, 7) is 0.376. The zero-order valence-electron chi connectivity index (χ0n) is 11.1. The van der Waals surface area contributed by atoms with Crippen LogP contribution < -0.4 is 4.90 Å². The number of halogens is 1. The molecule has 0 saturated carbocycles. The fourth-order valence-electron chi connectivity index (χ4n) is 2.32. The summed E-state index contributed by atoms with van der Waals surface area (Å²) in [6.07, 6.45) is 0.426. The van der Waals surface area contributed by atoms with E-state index >= 15 is 0 Å². The number of carbonyl (C=O) groups is 1. The molecule has 0 fully saturated rings. The summed E-state index contributed by atoms with van der Waals surface area (Å²) < 4.78 is 0. The highest BCUT2D eigenvalue weighted by atomic mass is 35.5. The van der Waals surface area contributed by atoms with Gasteiger partial charge >= 0.3 is 0 Å². The number of rotatable bonds is 2. The number of aliphatic hydroxyl groups is 1. The molecule has 1 aromatic heterocycles. The zero-order chi connectivity index (χ0) is 14.8. The number of anilines is 1. The van der Waals surface area contributed by atoms with E-state index in [0.29, 0.717) is 18.0 Å². The number of fused-ring (bicyclic) bond motifs is 1. The molecular formula is C16H12ClNO2S. The maximum Gasteiger partial charge on any atom is 0.231 e. The highest BCUT2D eigenvalue weighted by Crippen LogP contribution is 2.33. The Balaban J connectivity index is 1.84. The first kappa shape index (κ1) is 14.2. The largest absolute Gasteiger partial charge is 0.384 e. The standard InChI is InChI=1S/C16H12ClNO2S/c17-12-4-3-11-8-16(20)18(15(11)9-12)10-14-6-5-13(21-14)2-1-7-19/h3-6,9,19H,7-8,10H2. The second kappa shape index (κ2) is 5.90. The lowest BCUT2D eigenvalue weighted by Crippen LogP contribution is -2.25. The van der Waals surface area contributed by atoms with Gasteiger partial charge in [-0.25, -0.2) is 0 Å². The number of carbonyl (C=O) groups excluding carboxylic acids is 1. The van der Waals surface area contributed by atoms with E-state index in [1.165, 1.54) is 11.3 Å². The van der Waals surface area contributed by atoms with Crippen molar-refractivity contribution in [1.29, 1.82) is 0 Å². The van der Waals surface area contributed by atoms with Crippen molar-refractivity contribution in [1.82, 2.24) is 0 Å². The fourth-order valence-corrected chi connectivity index (χ4v) is 3.35. The van der Waals surface area contributed by atoms with E-state index in [9.17, 15) is 4.79 Å². The average Bonchev–Trinajstić information content (AvgIpc) is 3.03. The molecule has 0 radical (unpaired) electrons. The van der Waals surface area contributed by atoms with Crippen LogP contribution in [0.15, 0.2) is 30.3 Å². The Morgan fingerprint density at radius 3 is 3.00 bits per heavy atom. The van der Waals surface area contributed by atoms with Crippen LogP contribution >= 0.6 is 22.9 Å². The lowest BCUT2D eigenvalue weighted by molar-refractivity contribution is -0.117. The number of hydrogen-bond acceptors (Lipinski definition) is 3. The van der Waals surface area contributed by atoms with Gasteiger partial charge in [-0.3, -0.25) is 4.79 Å². The van der Waals surface area contributed by atoms with Gasteiger partial charge in [-0.05, 0) is 29.8 Å². The molecule has 5 heteroatoms. The van der Waals surface area contributed by atoms with Crippen molar-refractivity contribution in [3.63, 3.8) is 0 Å². The number of amides is 1. The van der Waals surface area contributed by atoms with Crippen molar-refractivity contribution in [3.05, 3.63) is 50.7 Å². The van der Waals surface area contributed by atoms with E-state index in [4.69, 9.17) is 16.7 Å². The second-order valence-electron chi connectivity index (χ2n) is 4.66. The lowest BCUT2D eigenvalue weighted by atomic mass is 10.2. The molecular weight excluding hydrogens is 306 g/mol. The Bertz CT molecular complexity index is 757. The molecule has 1 aliphatic rings. The van der Waals surface area contributed by atoms with Gasteiger partial charge in [0.2, 0.25) is 5.91 Å². The molecule has 2 heterocycles. The van der Waals surface area contributed by atoms with Crippen LogP contribution in [-0.4, -0.2) is 17.6 Å². The molecule has 3 rings (SSSR count). The average molecular weight is 318 g/mol. The van der Waals surface area contributed by atoms with Gasteiger partial charge in [0.1, 0.15) is 6.61 Å². The molecule has 1 N–H and O–H groups in total. The van der Waals surface area contributed by atoms with Crippen LogP contribution in [-0.2, 0) is 17.8 Å². The topological polar surface area (TPSA) is 40.5 Å². The molecule has 3 nitrogen and oxygen atoms in total. The number of nitrogens with zero attached hydrogens (tertiary/aromatic N) is 1. The minimum Gasteiger partial charge on any atom is -0.384 e. The molecule has 1 amide bonds. The molecule has 0 aliphatic carbocycles. The van der Waals surface area contributed by atoms with E-state index in [-0.39, 0.29) is 12.5 Å². The normalized spacial score (nSPS) is 13.0. The molecule has 21 heavy (non-hydrogen) atoms. The fraction of sp³-hybridized carbons (Fsp3) is 0.188. The zero-order valence-corrected chi connectivity index (χ0v) is 12.7. The van der Waals surface area contributed by atoms with Gasteiger partial charge in [-0.1, -0.05) is 29.5 Å². The minimum atomic E-state index is -0.149. The van der Waals surface area contributed by atoms with E-state index < -0.39 is 0 Å². The molecule has 106 valence electrons. The third-order valence-electron chi connectivity index (χ3n) is 3.25. The van der Waals surface area contributed by atoms with Gasteiger partial charge in [0.05, 0.1) is 17.8 Å². The van der Waals surface area contributed by atoms with Gasteiger partial charge in [0.15, 0.2) is 0 Å². The Hall–Kier alpha value is -1.80. The lowest BCUT2D eigenvalue weighted by Gasteiger charge is -2.16. The van der Waals surface area contributed by atoms with Crippen molar-refractivity contribution in [2.75, 3.05) is 11.5 Å². The molecule has 0 unspecified atom stereocenters. The van der Waals surface area contributed by atoms with Crippen LogP contribution in [0.3, 0.4) is 0 Å². The quantitative estimate of drug-likeness (QED) is 0.865. The minimum absolute atomic E-state index is 0.0867. The van der Waals surface area contributed by atoms with Crippen LogP contribution in [0.5, 0.6) is 0 Å². The highest BCUT2D eigenvalue weighted by molar-refractivity contribution is 7.12. The first-order chi connectivity index (χ1) is 10.2. The Morgan fingerprint density at radius 1 is 1.33 bits per heavy atom. The van der Waals surface area contributed by atoms with E-state index in [1.807, 2.05) is 30.3 Å². The third kappa shape index (κ3) is 2.96. The summed E-state index contributed by atoms with van der Waals surface area (Å²) in [5, 5.41) is 9.33. The maximum absolute atomic E-state index is 12.2. The van der Waals surface area contributed by atoms with Gasteiger partial charge in [0.25, 0.3) is 0 Å². The van der Waals surface area contributed by atoms with Crippen molar-refractivity contribution in [2.24, 2.45) is 0 Å². The predicted molar refractivity (Wildman–Crippen MR) is 84.6 cm³/mol. The summed E-state index contributed by atoms with van der Waals surface area (Å²) in [7, 11) is 0. The van der Waals surface area contributed by atoms with Crippen LogP contribution in [0, 0.1) is 11.8 Å². The number of benzene rings is 1. The SMILES string of the molecule is O=C1Cc2ccc(Cl)cc2N1Cc1ccc(C#CCO)s1. The second-order valence-corrected chi connectivity index (χ2v) is 6.26. The molecule has 0 spiro atoms. The smallest absolute Gasteiger partial charge is 0.231 e. The molecule has 2 aromatic rings. The summed E-state index contributed by atoms with van der Waals surface area (Å²) in [6, 6.07) is 9.42. The summed E-state index contributed by atoms with van der Waals surface area (Å²) in [5.74, 6) is 5.58. The Kier molecular flexibility index (Phi) is 3.98. The molecule has 1 aliphatic heterocycles. The van der Waals surface area contributed by atoms with Gasteiger partial charge in [0, 0.05) is 15.6 Å². The summed E-state index contributed by atoms with van der Waals surface area (Å²) in [4.78, 5) is 15.9. The van der Waals surface area contributed by atoms with Crippen molar-refractivity contribution in [2.45, 2.75) is 13.0 Å². The molecule has 0 bridgehead atoms. The van der Waals surface area contributed by atoms with Crippen molar-refractivity contribution >= 4 is 34.5 Å².